The first-order valence-electron chi connectivity index (χ1n) is 5.35. The van der Waals surface area contributed by atoms with Crippen LogP contribution in [0.15, 0.2) is 11.3 Å². The number of likely N-dealkylation sites (N-methyl/N-ethyl adjacent to an activating group) is 1. The summed E-state index contributed by atoms with van der Waals surface area (Å²) in [4.78, 5) is 16.0. The fourth-order valence-corrected chi connectivity index (χ4v) is 1.66. The normalized spacial score (nSPS) is 20.1. The standard InChI is InChI=1S/C11H18N4O/c1-9(13)10(7-12)11(16)8-15-5-3-14(2)4-6-15/h3-6,8,13H2,1-2H3. The minimum Gasteiger partial charge on any atom is -0.401 e. The van der Waals surface area contributed by atoms with Crippen molar-refractivity contribution in [2.45, 2.75) is 6.92 Å². The Bertz CT molecular complexity index is 330. The molecule has 2 N–H and O–H groups in total. The van der Waals surface area contributed by atoms with Crippen molar-refractivity contribution in [3.05, 3.63) is 11.3 Å². The van der Waals surface area contributed by atoms with Crippen LogP contribution in [0, 0.1) is 11.3 Å². The molecule has 1 heterocycles. The van der Waals surface area contributed by atoms with Crippen LogP contribution in [0.25, 0.3) is 0 Å². The van der Waals surface area contributed by atoms with Gasteiger partial charge >= 0.3 is 0 Å². The maximum Gasteiger partial charge on any atom is 0.189 e. The number of ketones is 1. The monoisotopic (exact) mass is 222 g/mol. The van der Waals surface area contributed by atoms with E-state index in [1.165, 1.54) is 0 Å². The lowest BCUT2D eigenvalue weighted by atomic mass is 10.1. The van der Waals surface area contributed by atoms with E-state index in [2.05, 4.69) is 16.8 Å². The molecule has 1 aliphatic rings. The second-order valence-electron chi connectivity index (χ2n) is 4.17. The number of carbonyl (C=O) groups excluding carboxylic acids is 1. The van der Waals surface area contributed by atoms with Crippen molar-refractivity contribution in [1.82, 2.24) is 9.80 Å². The zero-order valence-electron chi connectivity index (χ0n) is 9.86. The number of carbonyl (C=O) groups is 1. The van der Waals surface area contributed by atoms with Gasteiger partial charge in [-0.3, -0.25) is 9.69 Å². The lowest BCUT2D eigenvalue weighted by Crippen LogP contribution is -2.46. The Hall–Kier alpha value is -1.38. The zero-order valence-corrected chi connectivity index (χ0v) is 9.86. The summed E-state index contributed by atoms with van der Waals surface area (Å²) in [5.74, 6) is -0.174. The fraction of sp³-hybridized carbons (Fsp3) is 0.636. The summed E-state index contributed by atoms with van der Waals surface area (Å²) >= 11 is 0. The molecule has 1 rings (SSSR count). The second kappa shape index (κ2) is 5.64. The van der Waals surface area contributed by atoms with Gasteiger partial charge < -0.3 is 10.6 Å². The molecule has 1 saturated heterocycles. The Morgan fingerprint density at radius 3 is 2.38 bits per heavy atom. The molecule has 5 heteroatoms. The van der Waals surface area contributed by atoms with Crippen LogP contribution in [0.5, 0.6) is 0 Å². The van der Waals surface area contributed by atoms with Crippen molar-refractivity contribution in [3.63, 3.8) is 0 Å². The first-order valence-corrected chi connectivity index (χ1v) is 5.35. The molecular formula is C11H18N4O. The Morgan fingerprint density at radius 2 is 1.94 bits per heavy atom. The highest BCUT2D eigenvalue weighted by Gasteiger charge is 2.19. The van der Waals surface area contributed by atoms with Gasteiger partial charge in [0.25, 0.3) is 0 Å². The van der Waals surface area contributed by atoms with Crippen LogP contribution in [0.2, 0.25) is 0 Å². The number of nitrogens with two attached hydrogens (primary N) is 1. The van der Waals surface area contributed by atoms with Gasteiger partial charge in [-0.25, -0.2) is 0 Å². The van der Waals surface area contributed by atoms with Gasteiger partial charge in [-0.2, -0.15) is 5.26 Å². The topological polar surface area (TPSA) is 73.4 Å². The van der Waals surface area contributed by atoms with Crippen LogP contribution in [0.1, 0.15) is 6.92 Å². The highest BCUT2D eigenvalue weighted by molar-refractivity contribution is 6.01. The zero-order chi connectivity index (χ0) is 12.1. The Morgan fingerprint density at radius 1 is 1.38 bits per heavy atom. The number of rotatable bonds is 3. The number of nitrogens with zero attached hydrogens (tertiary/aromatic N) is 3. The summed E-state index contributed by atoms with van der Waals surface area (Å²) in [7, 11) is 2.06. The van der Waals surface area contributed by atoms with Crippen molar-refractivity contribution in [2.24, 2.45) is 5.73 Å². The third-order valence-electron chi connectivity index (χ3n) is 2.75. The van der Waals surface area contributed by atoms with Crippen LogP contribution in [0.3, 0.4) is 0 Å². The molecule has 0 aliphatic carbocycles. The van der Waals surface area contributed by atoms with Crippen molar-refractivity contribution in [1.29, 1.82) is 5.26 Å². The van der Waals surface area contributed by atoms with Crippen LogP contribution >= 0.6 is 0 Å². The van der Waals surface area contributed by atoms with Crippen molar-refractivity contribution in [3.8, 4) is 6.07 Å². The fourth-order valence-electron chi connectivity index (χ4n) is 1.66. The summed E-state index contributed by atoms with van der Waals surface area (Å²) in [6.07, 6.45) is 0. The minimum absolute atomic E-state index is 0.0962. The summed E-state index contributed by atoms with van der Waals surface area (Å²) in [6.45, 7) is 5.53. The van der Waals surface area contributed by atoms with Gasteiger partial charge in [0, 0.05) is 31.9 Å². The van der Waals surface area contributed by atoms with E-state index in [0.29, 0.717) is 12.2 Å². The molecule has 1 aliphatic heterocycles. The third kappa shape index (κ3) is 3.33. The van der Waals surface area contributed by atoms with Crippen molar-refractivity contribution < 1.29 is 4.79 Å². The van der Waals surface area contributed by atoms with E-state index in [1.54, 1.807) is 6.92 Å². The molecule has 0 atom stereocenters. The first kappa shape index (κ1) is 12.7. The average Bonchev–Trinajstić information content (AvgIpc) is 2.22. The average molecular weight is 222 g/mol. The second-order valence-corrected chi connectivity index (χ2v) is 4.17. The van der Waals surface area contributed by atoms with Crippen LogP contribution in [-0.4, -0.2) is 55.4 Å². The lowest BCUT2D eigenvalue weighted by Gasteiger charge is -2.31. The van der Waals surface area contributed by atoms with Gasteiger partial charge in [-0.05, 0) is 14.0 Å². The number of hydrogen-bond donors (Lipinski definition) is 1. The van der Waals surface area contributed by atoms with E-state index in [9.17, 15) is 4.79 Å². The highest BCUT2D eigenvalue weighted by Crippen LogP contribution is 2.04. The molecular weight excluding hydrogens is 204 g/mol. The maximum atomic E-state index is 11.7. The van der Waals surface area contributed by atoms with E-state index in [-0.39, 0.29) is 11.4 Å². The largest absolute Gasteiger partial charge is 0.401 e. The molecule has 0 radical (unpaired) electrons. The number of piperazine rings is 1. The predicted molar refractivity (Wildman–Crippen MR) is 61.4 cm³/mol. The summed E-state index contributed by atoms with van der Waals surface area (Å²) < 4.78 is 0. The molecule has 0 amide bonds. The van der Waals surface area contributed by atoms with E-state index in [4.69, 9.17) is 11.0 Å². The molecule has 0 aromatic heterocycles. The quantitative estimate of drug-likeness (QED) is 0.517. The molecule has 5 nitrogen and oxygen atoms in total. The smallest absolute Gasteiger partial charge is 0.189 e. The SMILES string of the molecule is CC(N)=C(C#N)C(=O)CN1CCN(C)CC1. The highest BCUT2D eigenvalue weighted by atomic mass is 16.1. The molecule has 16 heavy (non-hydrogen) atoms. The van der Waals surface area contributed by atoms with E-state index < -0.39 is 0 Å². The van der Waals surface area contributed by atoms with E-state index >= 15 is 0 Å². The lowest BCUT2D eigenvalue weighted by molar-refractivity contribution is -0.116. The van der Waals surface area contributed by atoms with Crippen LogP contribution in [-0.2, 0) is 4.79 Å². The molecule has 0 spiro atoms. The van der Waals surface area contributed by atoms with Gasteiger partial charge in [-0.15, -0.1) is 0 Å². The molecule has 0 aromatic rings. The van der Waals surface area contributed by atoms with E-state index in [1.807, 2.05) is 6.07 Å². The molecule has 0 saturated carbocycles. The molecule has 1 fully saturated rings. The van der Waals surface area contributed by atoms with E-state index in [0.717, 1.165) is 26.2 Å². The Kier molecular flexibility index (Phi) is 4.47. The Labute approximate surface area is 96.1 Å². The van der Waals surface area contributed by atoms with Gasteiger partial charge in [0.15, 0.2) is 5.78 Å². The van der Waals surface area contributed by atoms with Gasteiger partial charge in [0.1, 0.15) is 11.6 Å². The number of nitriles is 1. The van der Waals surface area contributed by atoms with Crippen LogP contribution in [0.4, 0.5) is 0 Å². The Balaban J connectivity index is 2.53. The first-order chi connectivity index (χ1) is 7.54. The molecule has 88 valence electrons. The summed E-state index contributed by atoms with van der Waals surface area (Å²) in [6, 6.07) is 1.87. The molecule has 0 bridgehead atoms. The summed E-state index contributed by atoms with van der Waals surface area (Å²) in [5.41, 5.74) is 5.89. The number of hydrogen-bond acceptors (Lipinski definition) is 5. The third-order valence-corrected chi connectivity index (χ3v) is 2.75. The molecule has 0 unspecified atom stereocenters. The number of allylic oxidation sites excluding steroid dienone is 1. The van der Waals surface area contributed by atoms with Crippen molar-refractivity contribution in [2.75, 3.05) is 39.8 Å². The minimum atomic E-state index is -0.174. The van der Waals surface area contributed by atoms with Gasteiger partial charge in [0.05, 0.1) is 6.54 Å². The maximum absolute atomic E-state index is 11.7. The molecule has 0 aromatic carbocycles. The van der Waals surface area contributed by atoms with Crippen molar-refractivity contribution >= 4 is 5.78 Å². The van der Waals surface area contributed by atoms with Gasteiger partial charge in [-0.1, -0.05) is 0 Å². The summed E-state index contributed by atoms with van der Waals surface area (Å²) in [5, 5.41) is 8.80. The van der Waals surface area contributed by atoms with Crippen LogP contribution < -0.4 is 5.73 Å². The van der Waals surface area contributed by atoms with Gasteiger partial charge in [0.2, 0.25) is 0 Å². The predicted octanol–water partition coefficient (Wildman–Crippen LogP) is -0.441. The number of Topliss-reactive ketones (excluding diaryl/α,β-unsaturated/α-hetero) is 1.